The van der Waals surface area contributed by atoms with Gasteiger partial charge in [0, 0.05) is 49.9 Å². The van der Waals surface area contributed by atoms with E-state index in [1.54, 1.807) is 41.9 Å². The van der Waals surface area contributed by atoms with E-state index in [0.717, 1.165) is 48.3 Å². The number of nitrogens with zero attached hydrogens (tertiary/aromatic N) is 7. The van der Waals surface area contributed by atoms with Gasteiger partial charge in [-0.15, -0.1) is 0 Å². The zero-order chi connectivity index (χ0) is 20.3. The summed E-state index contributed by atoms with van der Waals surface area (Å²) in [4.78, 5) is 36.5. The Bertz CT molecular complexity index is 1210. The summed E-state index contributed by atoms with van der Waals surface area (Å²) in [7, 11) is 0. The number of rotatable bonds is 4. The molecule has 1 fully saturated rings. The predicted molar refractivity (Wildman–Crippen MR) is 114 cm³/mol. The Morgan fingerprint density at radius 1 is 1.00 bits per heavy atom. The molecular formula is C22H21N7O. The quantitative estimate of drug-likeness (QED) is 0.521. The van der Waals surface area contributed by atoms with Crippen LogP contribution in [0, 0.1) is 5.92 Å². The molecule has 0 atom stereocenters. The van der Waals surface area contributed by atoms with E-state index in [4.69, 9.17) is 0 Å². The Balaban J connectivity index is 1.27. The minimum Gasteiger partial charge on any atom is -0.356 e. The second-order valence-electron chi connectivity index (χ2n) is 7.51. The first-order valence-electron chi connectivity index (χ1n) is 10.1. The number of hydrogen-bond acceptors (Lipinski definition) is 7. The third-order valence-corrected chi connectivity index (χ3v) is 5.59. The van der Waals surface area contributed by atoms with Crippen LogP contribution in [-0.4, -0.2) is 42.6 Å². The largest absolute Gasteiger partial charge is 0.356 e. The van der Waals surface area contributed by atoms with Crippen LogP contribution in [0.5, 0.6) is 0 Å². The second kappa shape index (κ2) is 7.98. The third-order valence-electron chi connectivity index (χ3n) is 5.59. The first-order valence-corrected chi connectivity index (χ1v) is 10.1. The Hall–Kier alpha value is -3.68. The summed E-state index contributed by atoms with van der Waals surface area (Å²) < 4.78 is 1.71. The molecule has 1 aliphatic rings. The molecule has 0 radical (unpaired) electrons. The molecule has 0 aliphatic carbocycles. The van der Waals surface area contributed by atoms with Gasteiger partial charge in [-0.2, -0.15) is 0 Å². The lowest BCUT2D eigenvalue weighted by Crippen LogP contribution is -2.37. The average molecular weight is 399 g/mol. The molecule has 1 aliphatic heterocycles. The second-order valence-corrected chi connectivity index (χ2v) is 7.51. The monoisotopic (exact) mass is 399 g/mol. The van der Waals surface area contributed by atoms with Crippen LogP contribution in [0.15, 0.2) is 66.4 Å². The molecule has 4 aromatic rings. The Morgan fingerprint density at radius 3 is 2.67 bits per heavy atom. The zero-order valence-corrected chi connectivity index (χ0v) is 16.4. The van der Waals surface area contributed by atoms with E-state index in [0.29, 0.717) is 18.2 Å². The lowest BCUT2D eigenvalue weighted by atomic mass is 9.96. The van der Waals surface area contributed by atoms with Gasteiger partial charge >= 0.3 is 0 Å². The van der Waals surface area contributed by atoms with Crippen molar-refractivity contribution in [2.45, 2.75) is 19.4 Å². The van der Waals surface area contributed by atoms with E-state index >= 15 is 0 Å². The number of aromatic nitrogens is 6. The number of piperidine rings is 1. The van der Waals surface area contributed by atoms with Crippen LogP contribution >= 0.6 is 0 Å². The highest BCUT2D eigenvalue weighted by atomic mass is 16.1. The minimum absolute atomic E-state index is 0.0286. The molecule has 0 unspecified atom stereocenters. The molecule has 0 saturated carbocycles. The highest BCUT2D eigenvalue weighted by molar-refractivity contribution is 5.86. The fraction of sp³-hybridized carbons (Fsp3) is 0.273. The van der Waals surface area contributed by atoms with E-state index < -0.39 is 0 Å². The van der Waals surface area contributed by atoms with Crippen molar-refractivity contribution < 1.29 is 0 Å². The molecule has 150 valence electrons. The van der Waals surface area contributed by atoms with Gasteiger partial charge < -0.3 is 4.90 Å². The van der Waals surface area contributed by atoms with Crippen molar-refractivity contribution in [1.82, 2.24) is 29.5 Å². The Kier molecular flexibility index (Phi) is 4.88. The van der Waals surface area contributed by atoms with Gasteiger partial charge in [0.2, 0.25) is 0 Å². The van der Waals surface area contributed by atoms with Crippen LogP contribution < -0.4 is 10.5 Å². The van der Waals surface area contributed by atoms with Gasteiger partial charge in [0.05, 0.1) is 17.4 Å². The van der Waals surface area contributed by atoms with Crippen molar-refractivity contribution in [1.29, 1.82) is 0 Å². The van der Waals surface area contributed by atoms with Crippen molar-refractivity contribution in [3.8, 4) is 11.3 Å². The Labute approximate surface area is 173 Å². The van der Waals surface area contributed by atoms with Crippen molar-refractivity contribution in [2.75, 3.05) is 18.0 Å². The Morgan fingerprint density at radius 2 is 1.87 bits per heavy atom. The standard InChI is InChI=1S/C22H21N7O/c30-20-11-19(17-3-1-7-23-12-17)27-15-29(20)13-16-5-9-28(10-6-16)22-18-4-2-8-24-21(18)25-14-26-22/h1-4,7-8,11-12,14-16H,5-6,9-10,13H2. The highest BCUT2D eigenvalue weighted by Crippen LogP contribution is 2.27. The van der Waals surface area contributed by atoms with E-state index in [2.05, 4.69) is 29.8 Å². The van der Waals surface area contributed by atoms with Crippen LogP contribution in [0.3, 0.4) is 0 Å². The molecule has 0 amide bonds. The van der Waals surface area contributed by atoms with E-state index in [1.165, 1.54) is 0 Å². The summed E-state index contributed by atoms with van der Waals surface area (Å²) in [6.07, 6.45) is 10.4. The first kappa shape index (κ1) is 18.4. The van der Waals surface area contributed by atoms with Crippen molar-refractivity contribution >= 4 is 16.9 Å². The maximum Gasteiger partial charge on any atom is 0.253 e. The summed E-state index contributed by atoms with van der Waals surface area (Å²) in [6.45, 7) is 2.46. The summed E-state index contributed by atoms with van der Waals surface area (Å²) in [5.41, 5.74) is 2.19. The van der Waals surface area contributed by atoms with Crippen LogP contribution in [0.4, 0.5) is 5.82 Å². The first-order chi connectivity index (χ1) is 14.8. The topological polar surface area (TPSA) is 89.7 Å². The molecule has 0 spiro atoms. The molecular weight excluding hydrogens is 378 g/mol. The molecule has 1 saturated heterocycles. The summed E-state index contributed by atoms with van der Waals surface area (Å²) in [6, 6.07) is 9.26. The SMILES string of the molecule is O=c1cc(-c2cccnc2)ncn1CC1CCN(c2ncnc3ncccc23)CC1. The van der Waals surface area contributed by atoms with Gasteiger partial charge in [-0.05, 0) is 43.0 Å². The average Bonchev–Trinajstić information content (AvgIpc) is 2.81. The third kappa shape index (κ3) is 3.63. The van der Waals surface area contributed by atoms with Crippen molar-refractivity contribution in [3.63, 3.8) is 0 Å². The highest BCUT2D eigenvalue weighted by Gasteiger charge is 2.22. The summed E-state index contributed by atoms with van der Waals surface area (Å²) in [5.74, 6) is 1.36. The molecule has 0 bridgehead atoms. The maximum absolute atomic E-state index is 12.6. The number of fused-ring (bicyclic) bond motifs is 1. The normalized spacial score (nSPS) is 14.9. The summed E-state index contributed by atoms with van der Waals surface area (Å²) in [5, 5.41) is 0.977. The van der Waals surface area contributed by atoms with Gasteiger partial charge in [0.1, 0.15) is 12.1 Å². The smallest absolute Gasteiger partial charge is 0.253 e. The number of anilines is 1. The van der Waals surface area contributed by atoms with Crippen LogP contribution in [0.2, 0.25) is 0 Å². The minimum atomic E-state index is -0.0286. The fourth-order valence-electron chi connectivity index (χ4n) is 3.97. The lowest BCUT2D eigenvalue weighted by Gasteiger charge is -2.33. The van der Waals surface area contributed by atoms with Crippen LogP contribution in [-0.2, 0) is 6.54 Å². The van der Waals surface area contributed by atoms with Crippen molar-refractivity contribution in [3.05, 3.63) is 71.9 Å². The van der Waals surface area contributed by atoms with E-state index in [-0.39, 0.29) is 5.56 Å². The number of hydrogen-bond donors (Lipinski definition) is 0. The number of pyridine rings is 2. The van der Waals surface area contributed by atoms with Crippen LogP contribution in [0.1, 0.15) is 12.8 Å². The molecule has 8 heteroatoms. The molecule has 0 N–H and O–H groups in total. The van der Waals surface area contributed by atoms with Gasteiger partial charge in [-0.25, -0.2) is 19.9 Å². The molecule has 8 nitrogen and oxygen atoms in total. The van der Waals surface area contributed by atoms with E-state index in [1.807, 2.05) is 24.3 Å². The maximum atomic E-state index is 12.6. The molecule has 5 heterocycles. The molecule has 4 aromatic heterocycles. The van der Waals surface area contributed by atoms with Crippen molar-refractivity contribution in [2.24, 2.45) is 5.92 Å². The van der Waals surface area contributed by atoms with Crippen LogP contribution in [0.25, 0.3) is 22.3 Å². The molecule has 0 aromatic carbocycles. The van der Waals surface area contributed by atoms with Gasteiger partial charge in [0.25, 0.3) is 5.56 Å². The molecule has 5 rings (SSSR count). The van der Waals surface area contributed by atoms with Gasteiger partial charge in [-0.3, -0.25) is 14.3 Å². The van der Waals surface area contributed by atoms with Gasteiger partial charge in [-0.1, -0.05) is 0 Å². The summed E-state index contributed by atoms with van der Waals surface area (Å²) >= 11 is 0. The molecule has 30 heavy (non-hydrogen) atoms. The fourth-order valence-corrected chi connectivity index (χ4v) is 3.97. The predicted octanol–water partition coefficient (Wildman–Crippen LogP) is 2.56. The van der Waals surface area contributed by atoms with E-state index in [9.17, 15) is 4.79 Å². The lowest BCUT2D eigenvalue weighted by molar-refractivity contribution is 0.350. The van der Waals surface area contributed by atoms with Gasteiger partial charge in [0.15, 0.2) is 5.65 Å². The zero-order valence-electron chi connectivity index (χ0n) is 16.4.